The molecule has 1 heterocycles. The predicted octanol–water partition coefficient (Wildman–Crippen LogP) is 15.0. The average molecular weight is 1090 g/mol. The van der Waals surface area contributed by atoms with E-state index in [-0.39, 0.29) is 12.8 Å². The number of unbranched alkanes of at least 4 members (excludes halogenated alkanes) is 39. The minimum Gasteiger partial charge on any atom is -0.394 e. The Morgan fingerprint density at radius 3 is 1.19 bits per heavy atom. The Labute approximate surface area is 473 Å². The molecule has 1 aliphatic heterocycles. The van der Waals surface area contributed by atoms with Crippen LogP contribution in [0.3, 0.4) is 0 Å². The van der Waals surface area contributed by atoms with E-state index in [9.17, 15) is 40.5 Å². The zero-order valence-electron chi connectivity index (χ0n) is 50.0. The lowest BCUT2D eigenvalue weighted by molar-refractivity contribution is -0.303. The van der Waals surface area contributed by atoms with Crippen molar-refractivity contribution >= 4 is 5.91 Å². The minimum absolute atomic E-state index is 0.247. The summed E-state index contributed by atoms with van der Waals surface area (Å²) in [7, 11) is 0. The molecule has 0 aromatic carbocycles. The maximum Gasteiger partial charge on any atom is 0.249 e. The van der Waals surface area contributed by atoms with E-state index in [1.54, 1.807) is 0 Å². The molecular weight excluding hydrogens is 967 g/mol. The van der Waals surface area contributed by atoms with E-state index in [2.05, 4.69) is 55.6 Å². The SMILES string of the molecule is CCCCCCCCCCC/C=C\C/C=C\CCCCCCCCCCC(O)C(=O)NC(COC1OC(CO)C(O)C(O)C1O)C(O)C(O)CCC/C=C/CCCCCCCCCCCCCCCCCCCCCCC. The van der Waals surface area contributed by atoms with Gasteiger partial charge in [0.2, 0.25) is 5.91 Å². The van der Waals surface area contributed by atoms with Crippen molar-refractivity contribution in [2.45, 2.75) is 364 Å². The zero-order valence-corrected chi connectivity index (χ0v) is 50.0. The summed E-state index contributed by atoms with van der Waals surface area (Å²) in [5, 5.41) is 76.4. The van der Waals surface area contributed by atoms with Crippen LogP contribution in [0.4, 0.5) is 0 Å². The van der Waals surface area contributed by atoms with Crippen LogP contribution in [-0.2, 0) is 14.3 Å². The average Bonchev–Trinajstić information content (AvgIpc) is 3.43. The Kier molecular flexibility index (Phi) is 52.3. The summed E-state index contributed by atoms with van der Waals surface area (Å²) in [5.41, 5.74) is 0. The molecule has 0 radical (unpaired) electrons. The van der Waals surface area contributed by atoms with Gasteiger partial charge in [0.15, 0.2) is 6.29 Å². The summed E-state index contributed by atoms with van der Waals surface area (Å²) >= 11 is 0. The molecule has 77 heavy (non-hydrogen) atoms. The molecule has 9 atom stereocenters. The summed E-state index contributed by atoms with van der Waals surface area (Å²) in [6.45, 7) is 3.48. The molecule has 0 aromatic rings. The molecule has 0 aliphatic carbocycles. The van der Waals surface area contributed by atoms with Crippen molar-refractivity contribution in [2.24, 2.45) is 0 Å². The quantitative estimate of drug-likeness (QED) is 0.0215. The molecule has 1 fully saturated rings. The number of amides is 1. The largest absolute Gasteiger partial charge is 0.394 e. The summed E-state index contributed by atoms with van der Waals surface area (Å²) in [4.78, 5) is 13.2. The zero-order chi connectivity index (χ0) is 56.1. The van der Waals surface area contributed by atoms with Gasteiger partial charge in [-0.1, -0.05) is 275 Å². The van der Waals surface area contributed by atoms with Gasteiger partial charge in [0.25, 0.3) is 0 Å². The molecule has 0 saturated carbocycles. The highest BCUT2D eigenvalue weighted by atomic mass is 16.7. The maximum atomic E-state index is 13.2. The van der Waals surface area contributed by atoms with Crippen LogP contribution in [-0.4, -0.2) is 110 Å². The summed E-state index contributed by atoms with van der Waals surface area (Å²) in [6.07, 6.45) is 57.8. The Balaban J connectivity index is 2.27. The van der Waals surface area contributed by atoms with Crippen LogP contribution in [0.2, 0.25) is 0 Å². The monoisotopic (exact) mass is 1090 g/mol. The van der Waals surface area contributed by atoms with Crippen molar-refractivity contribution in [1.29, 1.82) is 0 Å². The highest BCUT2D eigenvalue weighted by Gasteiger charge is 2.44. The van der Waals surface area contributed by atoms with Crippen molar-refractivity contribution in [3.05, 3.63) is 36.5 Å². The van der Waals surface area contributed by atoms with Gasteiger partial charge in [0.1, 0.15) is 36.6 Å². The molecule has 0 spiro atoms. The summed E-state index contributed by atoms with van der Waals surface area (Å²) in [5.74, 6) is -0.707. The topological polar surface area (TPSA) is 189 Å². The lowest BCUT2D eigenvalue weighted by Gasteiger charge is -2.40. The Morgan fingerprint density at radius 2 is 0.805 bits per heavy atom. The number of aliphatic hydroxyl groups is 7. The molecule has 11 heteroatoms. The van der Waals surface area contributed by atoms with E-state index >= 15 is 0 Å². The summed E-state index contributed by atoms with van der Waals surface area (Å²) in [6, 6.07) is -1.19. The van der Waals surface area contributed by atoms with E-state index in [0.29, 0.717) is 12.8 Å². The fourth-order valence-electron chi connectivity index (χ4n) is 10.6. The standard InChI is InChI=1S/C66H125NO10/c1-3-5-7-9-11-13-15-17-19-21-23-25-27-29-30-32-33-35-37-39-41-43-45-47-49-51-53-58(69)61(71)57(56-76-66-64(74)63(73)62(72)60(55-68)77-66)67-65(75)59(70)54-52-50-48-46-44-42-40-38-36-34-31-28-26-24-22-20-18-16-14-12-10-8-6-4-2/h24,26,31,34,45,47,57-64,66,68-74H,3-23,25,27-30,32-33,35-44,46,48-56H2,1-2H3,(H,67,75)/b26-24-,34-31-,47-45+. The van der Waals surface area contributed by atoms with Gasteiger partial charge in [-0.05, 0) is 70.6 Å². The highest BCUT2D eigenvalue weighted by molar-refractivity contribution is 5.80. The van der Waals surface area contributed by atoms with E-state index in [4.69, 9.17) is 9.47 Å². The molecule has 1 amide bonds. The molecule has 454 valence electrons. The van der Waals surface area contributed by atoms with Crippen LogP contribution in [0, 0.1) is 0 Å². The van der Waals surface area contributed by atoms with Crippen molar-refractivity contribution in [3.63, 3.8) is 0 Å². The second-order valence-electron chi connectivity index (χ2n) is 23.2. The van der Waals surface area contributed by atoms with Gasteiger partial charge >= 0.3 is 0 Å². The number of nitrogens with one attached hydrogen (secondary N) is 1. The molecule has 0 aromatic heterocycles. The number of hydrogen-bond acceptors (Lipinski definition) is 10. The smallest absolute Gasteiger partial charge is 0.249 e. The molecule has 1 rings (SSSR count). The van der Waals surface area contributed by atoms with Crippen molar-refractivity contribution in [3.8, 4) is 0 Å². The first-order valence-corrected chi connectivity index (χ1v) is 32.9. The Bertz CT molecular complexity index is 1350. The molecule has 8 N–H and O–H groups in total. The fraction of sp³-hybridized carbons (Fsp3) is 0.894. The molecule has 1 saturated heterocycles. The third kappa shape index (κ3) is 42.8. The molecule has 1 aliphatic rings. The minimum atomic E-state index is -1.67. The lowest BCUT2D eigenvalue weighted by atomic mass is 9.98. The molecule has 9 unspecified atom stereocenters. The maximum absolute atomic E-state index is 13.2. The first-order valence-electron chi connectivity index (χ1n) is 32.9. The van der Waals surface area contributed by atoms with Gasteiger partial charge in [0.05, 0.1) is 25.4 Å². The number of hydrogen-bond donors (Lipinski definition) is 8. The van der Waals surface area contributed by atoms with Gasteiger partial charge in [-0.2, -0.15) is 0 Å². The third-order valence-electron chi connectivity index (χ3n) is 15.9. The number of allylic oxidation sites excluding steroid dienone is 6. The summed E-state index contributed by atoms with van der Waals surface area (Å²) < 4.78 is 11.2. The van der Waals surface area contributed by atoms with Crippen LogP contribution in [0.1, 0.15) is 309 Å². The van der Waals surface area contributed by atoms with Gasteiger partial charge in [-0.15, -0.1) is 0 Å². The van der Waals surface area contributed by atoms with Crippen LogP contribution in [0.15, 0.2) is 36.5 Å². The van der Waals surface area contributed by atoms with E-state index < -0.39 is 74.2 Å². The van der Waals surface area contributed by atoms with E-state index in [1.165, 1.54) is 218 Å². The van der Waals surface area contributed by atoms with Gasteiger partial charge in [-0.3, -0.25) is 4.79 Å². The van der Waals surface area contributed by atoms with Crippen LogP contribution in [0.5, 0.6) is 0 Å². The second-order valence-corrected chi connectivity index (χ2v) is 23.2. The molecule has 11 nitrogen and oxygen atoms in total. The fourth-order valence-corrected chi connectivity index (χ4v) is 10.6. The van der Waals surface area contributed by atoms with Crippen LogP contribution >= 0.6 is 0 Å². The second kappa shape index (κ2) is 54.9. The molecule has 0 bridgehead atoms. The number of rotatable bonds is 57. The number of aliphatic hydroxyl groups excluding tert-OH is 7. The third-order valence-corrected chi connectivity index (χ3v) is 15.9. The predicted molar refractivity (Wildman–Crippen MR) is 321 cm³/mol. The normalized spacial score (nSPS) is 19.7. The highest BCUT2D eigenvalue weighted by Crippen LogP contribution is 2.24. The van der Waals surface area contributed by atoms with Gasteiger partial charge < -0.3 is 50.5 Å². The van der Waals surface area contributed by atoms with Crippen molar-refractivity contribution in [2.75, 3.05) is 13.2 Å². The van der Waals surface area contributed by atoms with Gasteiger partial charge in [0, 0.05) is 0 Å². The number of carbonyl (C=O) groups is 1. The van der Waals surface area contributed by atoms with Crippen LogP contribution in [0.25, 0.3) is 0 Å². The van der Waals surface area contributed by atoms with E-state index in [0.717, 1.165) is 51.4 Å². The Hall–Kier alpha value is -1.67. The van der Waals surface area contributed by atoms with Crippen molar-refractivity contribution < 1.29 is 50.0 Å². The number of carbonyl (C=O) groups excluding carboxylic acids is 1. The van der Waals surface area contributed by atoms with Gasteiger partial charge in [-0.25, -0.2) is 0 Å². The van der Waals surface area contributed by atoms with Crippen LogP contribution < -0.4 is 5.32 Å². The van der Waals surface area contributed by atoms with E-state index in [1.807, 2.05) is 0 Å². The first kappa shape index (κ1) is 73.3. The Morgan fingerprint density at radius 1 is 0.455 bits per heavy atom. The lowest BCUT2D eigenvalue weighted by Crippen LogP contribution is -2.60. The molecular formula is C66H125NO10. The first-order chi connectivity index (χ1) is 37.7. The number of ether oxygens (including phenoxy) is 2. The van der Waals surface area contributed by atoms with Crippen molar-refractivity contribution in [1.82, 2.24) is 5.32 Å².